The predicted octanol–water partition coefficient (Wildman–Crippen LogP) is 1.52. The number of piperidine rings is 1. The number of hydrogen-bond donors (Lipinski definition) is 2. The van der Waals surface area contributed by atoms with Gasteiger partial charge in [0.1, 0.15) is 0 Å². The molecule has 8 nitrogen and oxygen atoms in total. The number of hydrogen-bond acceptors (Lipinski definition) is 6. The lowest BCUT2D eigenvalue weighted by Gasteiger charge is -2.31. The third-order valence-corrected chi connectivity index (χ3v) is 4.96. The summed E-state index contributed by atoms with van der Waals surface area (Å²) >= 11 is 0. The van der Waals surface area contributed by atoms with Gasteiger partial charge in [0.15, 0.2) is 17.3 Å². The summed E-state index contributed by atoms with van der Waals surface area (Å²) in [7, 11) is 0. The number of nitrogens with zero attached hydrogens (tertiary/aromatic N) is 1. The van der Waals surface area contributed by atoms with E-state index in [0.29, 0.717) is 24.6 Å². The van der Waals surface area contributed by atoms with Crippen LogP contribution in [0.5, 0.6) is 11.5 Å². The van der Waals surface area contributed by atoms with Crippen molar-refractivity contribution in [3.8, 4) is 11.5 Å². The number of nitrogens with one attached hydrogen (secondary N) is 2. The molecule has 3 heterocycles. The van der Waals surface area contributed by atoms with Crippen LogP contribution in [-0.2, 0) is 11.3 Å². The topological polar surface area (TPSA) is 93.0 Å². The molecule has 0 aliphatic carbocycles. The second kappa shape index (κ2) is 8.35. The van der Waals surface area contributed by atoms with Crippen molar-refractivity contribution in [2.24, 2.45) is 0 Å². The van der Waals surface area contributed by atoms with Crippen molar-refractivity contribution in [1.29, 1.82) is 0 Å². The maximum atomic E-state index is 12.2. The first-order valence-corrected chi connectivity index (χ1v) is 9.39. The molecule has 0 bridgehead atoms. The van der Waals surface area contributed by atoms with Crippen LogP contribution in [0.4, 0.5) is 0 Å². The molecule has 2 amide bonds. The molecule has 2 aromatic rings. The number of rotatable bonds is 6. The Labute approximate surface area is 162 Å². The fourth-order valence-electron chi connectivity index (χ4n) is 3.41. The third-order valence-electron chi connectivity index (χ3n) is 4.96. The standard InChI is InChI=1S/C20H23N3O5/c24-19(21-11-14-3-4-16-18(10-14)28-13-27-16)12-23-7-5-15(6-8-23)22-20(25)17-2-1-9-26-17/h1-4,9-10,15H,5-8,11-13H2,(H,21,24)(H,22,25). The molecule has 1 saturated heterocycles. The molecule has 28 heavy (non-hydrogen) atoms. The van der Waals surface area contributed by atoms with E-state index < -0.39 is 0 Å². The van der Waals surface area contributed by atoms with Gasteiger partial charge in [-0.3, -0.25) is 14.5 Å². The molecule has 1 aromatic heterocycles. The van der Waals surface area contributed by atoms with Gasteiger partial charge >= 0.3 is 0 Å². The first-order valence-electron chi connectivity index (χ1n) is 9.39. The molecule has 0 spiro atoms. The van der Waals surface area contributed by atoms with E-state index in [4.69, 9.17) is 13.9 Å². The van der Waals surface area contributed by atoms with Gasteiger partial charge in [0.25, 0.3) is 5.91 Å². The van der Waals surface area contributed by atoms with Crippen LogP contribution >= 0.6 is 0 Å². The predicted molar refractivity (Wildman–Crippen MR) is 100 cm³/mol. The van der Waals surface area contributed by atoms with Crippen LogP contribution in [0.2, 0.25) is 0 Å². The van der Waals surface area contributed by atoms with Crippen molar-refractivity contribution in [2.45, 2.75) is 25.4 Å². The number of ether oxygens (including phenoxy) is 2. The van der Waals surface area contributed by atoms with Crippen LogP contribution in [0.15, 0.2) is 41.0 Å². The SMILES string of the molecule is O=C(CN1CCC(NC(=O)c2ccco2)CC1)NCc1ccc2c(c1)OCO2. The van der Waals surface area contributed by atoms with Crippen molar-refractivity contribution in [1.82, 2.24) is 15.5 Å². The second-order valence-electron chi connectivity index (χ2n) is 6.97. The molecule has 148 valence electrons. The van der Waals surface area contributed by atoms with Gasteiger partial charge in [-0.15, -0.1) is 0 Å². The molecule has 0 atom stereocenters. The number of carbonyl (C=O) groups excluding carboxylic acids is 2. The van der Waals surface area contributed by atoms with Crippen molar-refractivity contribution in [3.05, 3.63) is 47.9 Å². The summed E-state index contributed by atoms with van der Waals surface area (Å²) in [6, 6.07) is 9.10. The summed E-state index contributed by atoms with van der Waals surface area (Å²) in [6.45, 7) is 2.57. The van der Waals surface area contributed by atoms with Gasteiger partial charge in [0, 0.05) is 25.7 Å². The van der Waals surface area contributed by atoms with Crippen LogP contribution in [-0.4, -0.2) is 49.2 Å². The number of likely N-dealkylation sites (tertiary alicyclic amines) is 1. The van der Waals surface area contributed by atoms with Gasteiger partial charge in [-0.1, -0.05) is 6.07 Å². The molecule has 8 heteroatoms. The highest BCUT2D eigenvalue weighted by molar-refractivity contribution is 5.91. The molecule has 1 aromatic carbocycles. The van der Waals surface area contributed by atoms with Gasteiger partial charge in [-0.25, -0.2) is 0 Å². The van der Waals surface area contributed by atoms with Gasteiger partial charge < -0.3 is 24.5 Å². The molecule has 2 N–H and O–H groups in total. The van der Waals surface area contributed by atoms with Crippen LogP contribution in [0.3, 0.4) is 0 Å². The summed E-state index contributed by atoms with van der Waals surface area (Å²) in [5.41, 5.74) is 0.969. The molecule has 2 aliphatic rings. The highest BCUT2D eigenvalue weighted by Gasteiger charge is 2.23. The van der Waals surface area contributed by atoms with Gasteiger partial charge in [0.05, 0.1) is 12.8 Å². The fourth-order valence-corrected chi connectivity index (χ4v) is 3.41. The van der Waals surface area contributed by atoms with Crippen LogP contribution < -0.4 is 20.1 Å². The van der Waals surface area contributed by atoms with E-state index in [1.54, 1.807) is 12.1 Å². The first-order chi connectivity index (χ1) is 13.7. The minimum Gasteiger partial charge on any atom is -0.459 e. The molecule has 0 saturated carbocycles. The lowest BCUT2D eigenvalue weighted by molar-refractivity contribution is -0.122. The van der Waals surface area contributed by atoms with Crippen molar-refractivity contribution in [3.63, 3.8) is 0 Å². The Balaban J connectivity index is 1.17. The average Bonchev–Trinajstić information content (AvgIpc) is 3.39. The Morgan fingerprint density at radius 3 is 2.71 bits per heavy atom. The van der Waals surface area contributed by atoms with Gasteiger partial charge in [0.2, 0.25) is 12.7 Å². The number of amides is 2. The Hall–Kier alpha value is -3.00. The highest BCUT2D eigenvalue weighted by Crippen LogP contribution is 2.32. The van der Waals surface area contributed by atoms with E-state index >= 15 is 0 Å². The highest BCUT2D eigenvalue weighted by atomic mass is 16.7. The molecule has 4 rings (SSSR count). The monoisotopic (exact) mass is 385 g/mol. The van der Waals surface area contributed by atoms with E-state index in [2.05, 4.69) is 15.5 Å². The van der Waals surface area contributed by atoms with Crippen molar-refractivity contribution in [2.75, 3.05) is 26.4 Å². The Morgan fingerprint density at radius 2 is 1.93 bits per heavy atom. The number of furan rings is 1. The smallest absolute Gasteiger partial charge is 0.287 e. The molecule has 2 aliphatic heterocycles. The van der Waals surface area contributed by atoms with Gasteiger partial charge in [-0.05, 0) is 42.7 Å². The molecule has 0 radical (unpaired) electrons. The summed E-state index contributed by atoms with van der Waals surface area (Å²) < 4.78 is 15.7. The third kappa shape index (κ3) is 4.45. The normalized spacial score (nSPS) is 16.7. The molecule has 0 unspecified atom stereocenters. The quantitative estimate of drug-likeness (QED) is 0.783. The zero-order valence-corrected chi connectivity index (χ0v) is 15.5. The number of fused-ring (bicyclic) bond motifs is 1. The van der Waals surface area contributed by atoms with Gasteiger partial charge in [-0.2, -0.15) is 0 Å². The Bertz CT molecular complexity index is 828. The summed E-state index contributed by atoms with van der Waals surface area (Å²) in [5, 5.41) is 5.92. The number of carbonyl (C=O) groups is 2. The Kier molecular flexibility index (Phi) is 5.48. The number of benzene rings is 1. The Morgan fingerprint density at radius 1 is 1.11 bits per heavy atom. The minimum atomic E-state index is -0.190. The molecule has 1 fully saturated rings. The average molecular weight is 385 g/mol. The molecular formula is C20H23N3O5. The first kappa shape index (κ1) is 18.4. The van der Waals surface area contributed by atoms with E-state index in [1.165, 1.54) is 6.26 Å². The van der Waals surface area contributed by atoms with E-state index in [1.807, 2.05) is 18.2 Å². The van der Waals surface area contributed by atoms with E-state index in [-0.39, 0.29) is 24.6 Å². The summed E-state index contributed by atoms with van der Waals surface area (Å²) in [4.78, 5) is 26.4. The zero-order chi connectivity index (χ0) is 19.3. The van der Waals surface area contributed by atoms with Crippen molar-refractivity contribution < 1.29 is 23.5 Å². The van der Waals surface area contributed by atoms with Crippen LogP contribution in [0.1, 0.15) is 29.0 Å². The zero-order valence-electron chi connectivity index (χ0n) is 15.5. The van der Waals surface area contributed by atoms with E-state index in [9.17, 15) is 9.59 Å². The second-order valence-corrected chi connectivity index (χ2v) is 6.97. The fraction of sp³-hybridized carbons (Fsp3) is 0.400. The largest absolute Gasteiger partial charge is 0.459 e. The summed E-state index contributed by atoms with van der Waals surface area (Å²) in [6.07, 6.45) is 3.10. The lowest BCUT2D eigenvalue weighted by atomic mass is 10.0. The minimum absolute atomic E-state index is 0.0178. The maximum absolute atomic E-state index is 12.2. The summed E-state index contributed by atoms with van der Waals surface area (Å²) in [5.74, 6) is 1.56. The molecular weight excluding hydrogens is 362 g/mol. The lowest BCUT2D eigenvalue weighted by Crippen LogP contribution is -2.47. The van der Waals surface area contributed by atoms with Crippen molar-refractivity contribution >= 4 is 11.8 Å². The maximum Gasteiger partial charge on any atom is 0.287 e. The van der Waals surface area contributed by atoms with Crippen LogP contribution in [0, 0.1) is 0 Å². The van der Waals surface area contributed by atoms with E-state index in [0.717, 1.165) is 37.2 Å². The van der Waals surface area contributed by atoms with Crippen LogP contribution in [0.25, 0.3) is 0 Å².